The Labute approximate surface area is 212 Å². The van der Waals surface area contributed by atoms with Gasteiger partial charge in [0.05, 0.1) is 17.6 Å². The number of imide groups is 1. The van der Waals surface area contributed by atoms with Gasteiger partial charge in [-0.1, -0.05) is 51.8 Å². The van der Waals surface area contributed by atoms with Gasteiger partial charge in [0.25, 0.3) is 11.8 Å². The molecule has 0 saturated carbocycles. The number of anilines is 2. The Morgan fingerprint density at radius 1 is 0.943 bits per heavy atom. The minimum absolute atomic E-state index is 0.317. The third-order valence-corrected chi connectivity index (χ3v) is 7.08. The molecule has 3 atom stereocenters. The van der Waals surface area contributed by atoms with Crippen LogP contribution < -0.4 is 15.2 Å². The lowest BCUT2D eigenvalue weighted by Gasteiger charge is -2.25. The highest BCUT2D eigenvalue weighted by Gasteiger charge is 2.60. The predicted octanol–water partition coefficient (Wildman–Crippen LogP) is 4.08. The largest absolute Gasteiger partial charge is 0.378 e. The van der Waals surface area contributed by atoms with E-state index < -0.39 is 23.9 Å². The fraction of sp³-hybridized carbons (Fsp3) is 0.222. The molecule has 2 fully saturated rings. The average Bonchev–Trinajstić information content (AvgIpc) is 3.36. The van der Waals surface area contributed by atoms with E-state index in [1.165, 1.54) is 9.91 Å². The first-order valence-corrected chi connectivity index (χ1v) is 12.1. The van der Waals surface area contributed by atoms with Crippen molar-refractivity contribution in [2.45, 2.75) is 19.0 Å². The quantitative estimate of drug-likeness (QED) is 0.512. The molecule has 2 heterocycles. The van der Waals surface area contributed by atoms with E-state index in [4.69, 9.17) is 0 Å². The molecule has 0 aliphatic carbocycles. The zero-order chi connectivity index (χ0) is 24.9. The number of carbonyl (C=O) groups excluding carboxylic acids is 3. The van der Waals surface area contributed by atoms with Crippen LogP contribution >= 0.6 is 15.9 Å². The Bertz CT molecular complexity index is 1310. The van der Waals surface area contributed by atoms with Gasteiger partial charge >= 0.3 is 0 Å². The van der Waals surface area contributed by atoms with Crippen LogP contribution in [0.15, 0.2) is 77.3 Å². The molecule has 0 aromatic heterocycles. The van der Waals surface area contributed by atoms with E-state index in [1.807, 2.05) is 68.4 Å². The Balaban J connectivity index is 1.57. The van der Waals surface area contributed by atoms with Crippen LogP contribution in [0.25, 0.3) is 0 Å². The Hall–Kier alpha value is -3.49. The normalized spacial score (nSPS) is 21.4. The fourth-order valence-electron chi connectivity index (χ4n) is 4.74. The number of fused-ring (bicyclic) bond motifs is 1. The molecule has 0 radical (unpaired) electrons. The van der Waals surface area contributed by atoms with Gasteiger partial charge in [0.1, 0.15) is 6.04 Å². The van der Waals surface area contributed by atoms with E-state index >= 15 is 0 Å². The highest BCUT2D eigenvalue weighted by Crippen LogP contribution is 2.42. The topological polar surface area (TPSA) is 73.0 Å². The number of aryl methyl sites for hydroxylation is 1. The summed E-state index contributed by atoms with van der Waals surface area (Å²) in [6, 6.07) is 20.6. The van der Waals surface area contributed by atoms with Gasteiger partial charge < -0.3 is 4.90 Å². The first-order chi connectivity index (χ1) is 16.8. The molecule has 2 aliphatic rings. The number of carbonyl (C=O) groups is 3. The van der Waals surface area contributed by atoms with Gasteiger partial charge in [-0.25, -0.2) is 10.3 Å². The van der Waals surface area contributed by atoms with E-state index in [-0.39, 0.29) is 11.8 Å². The Kier molecular flexibility index (Phi) is 5.94. The zero-order valence-corrected chi connectivity index (χ0v) is 21.2. The number of hydrogen-bond acceptors (Lipinski definition) is 5. The summed E-state index contributed by atoms with van der Waals surface area (Å²) in [7, 11) is 3.91. The number of nitrogens with one attached hydrogen (secondary N) is 1. The number of hydrogen-bond donors (Lipinski definition) is 1. The minimum Gasteiger partial charge on any atom is -0.378 e. The summed E-state index contributed by atoms with van der Waals surface area (Å²) in [5.74, 6) is -1.83. The highest BCUT2D eigenvalue weighted by atomic mass is 79.9. The van der Waals surface area contributed by atoms with Crippen molar-refractivity contribution in [3.8, 4) is 0 Å². The molecule has 2 saturated heterocycles. The number of nitrogens with zero attached hydrogens (tertiary/aromatic N) is 3. The van der Waals surface area contributed by atoms with E-state index in [0.717, 1.165) is 21.3 Å². The lowest BCUT2D eigenvalue weighted by Crippen LogP contribution is -2.48. The molecule has 2 aliphatic heterocycles. The smallest absolute Gasteiger partial charge is 0.268 e. The summed E-state index contributed by atoms with van der Waals surface area (Å²) >= 11 is 3.41. The fourth-order valence-corrected chi connectivity index (χ4v) is 5.14. The summed E-state index contributed by atoms with van der Waals surface area (Å²) in [4.78, 5) is 44.1. The second kappa shape index (κ2) is 8.94. The molecule has 3 aromatic rings. The van der Waals surface area contributed by atoms with Crippen molar-refractivity contribution in [3.63, 3.8) is 0 Å². The Morgan fingerprint density at radius 3 is 2.26 bits per heavy atom. The van der Waals surface area contributed by atoms with Crippen molar-refractivity contribution in [1.82, 2.24) is 10.4 Å². The molecule has 5 rings (SSSR count). The predicted molar refractivity (Wildman–Crippen MR) is 138 cm³/mol. The van der Waals surface area contributed by atoms with Crippen LogP contribution in [0.5, 0.6) is 0 Å². The van der Waals surface area contributed by atoms with E-state index in [9.17, 15) is 14.4 Å². The van der Waals surface area contributed by atoms with Gasteiger partial charge in [-0.05, 0) is 55.0 Å². The summed E-state index contributed by atoms with van der Waals surface area (Å²) in [6.07, 6.45) is 0. The van der Waals surface area contributed by atoms with Gasteiger partial charge in [-0.15, -0.1) is 0 Å². The molecule has 8 heteroatoms. The molecule has 178 valence electrons. The minimum atomic E-state index is -0.950. The van der Waals surface area contributed by atoms with Crippen LogP contribution in [0.4, 0.5) is 11.4 Å². The van der Waals surface area contributed by atoms with Crippen LogP contribution in [0.3, 0.4) is 0 Å². The molecule has 0 spiro atoms. The van der Waals surface area contributed by atoms with Crippen molar-refractivity contribution in [2.75, 3.05) is 23.9 Å². The SMILES string of the molecule is Cc1ccc(N2C(=O)[C@H]3[C@@H](C2=O)N(C(=O)c2cccc(Br)c2)N[C@H]3c2ccc(N(C)C)cc2)cc1. The monoisotopic (exact) mass is 532 g/mol. The second-order valence-electron chi connectivity index (χ2n) is 9.10. The number of rotatable bonds is 4. The van der Waals surface area contributed by atoms with E-state index in [2.05, 4.69) is 21.4 Å². The number of hydrazine groups is 1. The lowest BCUT2D eigenvalue weighted by molar-refractivity contribution is -0.123. The van der Waals surface area contributed by atoms with Crippen LogP contribution in [0.1, 0.15) is 27.5 Å². The van der Waals surface area contributed by atoms with Crippen LogP contribution in [0.2, 0.25) is 0 Å². The van der Waals surface area contributed by atoms with Crippen molar-refractivity contribution >= 4 is 45.0 Å². The third kappa shape index (κ3) is 4.02. The summed E-state index contributed by atoms with van der Waals surface area (Å²) in [5, 5.41) is 1.34. The standard InChI is InChI=1S/C27H25BrN4O3/c1-16-7-11-21(12-8-16)31-26(34)22-23(17-9-13-20(14-10-17)30(2)3)29-32(24(22)27(31)35)25(33)18-5-4-6-19(28)15-18/h4-15,22-24,29H,1-3H3/t22-,23+,24+/m1/s1. The maximum absolute atomic E-state index is 13.7. The molecular weight excluding hydrogens is 508 g/mol. The van der Waals surface area contributed by atoms with Crippen molar-refractivity contribution < 1.29 is 14.4 Å². The molecule has 3 aromatic carbocycles. The molecular formula is C27H25BrN4O3. The summed E-state index contributed by atoms with van der Waals surface area (Å²) < 4.78 is 0.755. The van der Waals surface area contributed by atoms with Crippen LogP contribution in [0, 0.1) is 12.8 Å². The van der Waals surface area contributed by atoms with Gasteiger partial charge in [0.15, 0.2) is 0 Å². The maximum atomic E-state index is 13.7. The third-order valence-electron chi connectivity index (χ3n) is 6.59. The van der Waals surface area contributed by atoms with Crippen LogP contribution in [-0.4, -0.2) is 42.9 Å². The lowest BCUT2D eigenvalue weighted by atomic mass is 9.90. The van der Waals surface area contributed by atoms with Crippen LogP contribution in [-0.2, 0) is 9.59 Å². The van der Waals surface area contributed by atoms with Crippen molar-refractivity contribution in [1.29, 1.82) is 0 Å². The molecule has 7 nitrogen and oxygen atoms in total. The summed E-state index contributed by atoms with van der Waals surface area (Å²) in [6.45, 7) is 1.95. The maximum Gasteiger partial charge on any atom is 0.268 e. The van der Waals surface area contributed by atoms with Gasteiger partial charge in [-0.2, -0.15) is 0 Å². The van der Waals surface area contributed by atoms with Crippen molar-refractivity contribution in [2.24, 2.45) is 5.92 Å². The molecule has 0 bridgehead atoms. The van der Waals surface area contributed by atoms with Crippen molar-refractivity contribution in [3.05, 3.63) is 94.0 Å². The molecule has 1 N–H and O–H groups in total. The first-order valence-electron chi connectivity index (χ1n) is 11.3. The molecule has 0 unspecified atom stereocenters. The number of benzene rings is 3. The van der Waals surface area contributed by atoms with E-state index in [0.29, 0.717) is 11.3 Å². The summed E-state index contributed by atoms with van der Waals surface area (Å²) in [5.41, 5.74) is 7.01. The zero-order valence-electron chi connectivity index (χ0n) is 19.6. The molecule has 3 amide bonds. The van der Waals surface area contributed by atoms with Gasteiger partial charge in [-0.3, -0.25) is 19.4 Å². The first kappa shape index (κ1) is 23.3. The highest BCUT2D eigenvalue weighted by molar-refractivity contribution is 9.10. The van der Waals surface area contributed by atoms with E-state index in [1.54, 1.807) is 30.3 Å². The average molecular weight is 533 g/mol. The van der Waals surface area contributed by atoms with Gasteiger partial charge in [0, 0.05) is 29.8 Å². The Morgan fingerprint density at radius 2 is 1.63 bits per heavy atom. The van der Waals surface area contributed by atoms with Gasteiger partial charge in [0.2, 0.25) is 5.91 Å². The number of amides is 3. The second-order valence-corrected chi connectivity index (χ2v) is 10.0. The number of halogens is 1. The molecule has 35 heavy (non-hydrogen) atoms.